The Labute approximate surface area is 247 Å². The lowest BCUT2D eigenvalue weighted by atomic mass is 9.97. The second-order valence-electron chi connectivity index (χ2n) is 9.77. The molecule has 10 nitrogen and oxygen atoms in total. The first kappa shape index (κ1) is 30.2. The fraction of sp³-hybridized carbons (Fsp3) is 0.385. The van der Waals surface area contributed by atoms with Gasteiger partial charge in [-0.1, -0.05) is 28.9 Å². The summed E-state index contributed by atoms with van der Waals surface area (Å²) >= 11 is 7.80. The van der Waals surface area contributed by atoms with Crippen LogP contribution in [0.4, 0.5) is 13.2 Å². The van der Waals surface area contributed by atoms with Crippen molar-refractivity contribution in [3.8, 4) is 5.88 Å². The average molecular weight is 645 g/mol. The van der Waals surface area contributed by atoms with Crippen LogP contribution in [0.1, 0.15) is 58.7 Å². The fourth-order valence-corrected chi connectivity index (χ4v) is 6.78. The van der Waals surface area contributed by atoms with Gasteiger partial charge in [0.1, 0.15) is 11.5 Å². The quantitative estimate of drug-likeness (QED) is 0.329. The summed E-state index contributed by atoms with van der Waals surface area (Å²) in [4.78, 5) is 28.3. The van der Waals surface area contributed by atoms with Crippen molar-refractivity contribution in [3.05, 3.63) is 74.3 Å². The maximum Gasteiger partial charge on any atom is 0.416 e. The molecule has 0 saturated carbocycles. The second kappa shape index (κ2) is 12.1. The highest BCUT2D eigenvalue weighted by Gasteiger charge is 2.33. The number of halogens is 4. The molecule has 1 unspecified atom stereocenters. The van der Waals surface area contributed by atoms with Crippen LogP contribution in [0.25, 0.3) is 0 Å². The van der Waals surface area contributed by atoms with Crippen LogP contribution in [0.2, 0.25) is 5.02 Å². The monoisotopic (exact) mass is 644 g/mol. The molecule has 16 heteroatoms. The van der Waals surface area contributed by atoms with Crippen molar-refractivity contribution in [1.82, 2.24) is 14.9 Å². The third kappa shape index (κ3) is 7.19. The average Bonchev–Trinajstić information content (AvgIpc) is 3.61. The molecule has 0 spiro atoms. The van der Waals surface area contributed by atoms with Crippen molar-refractivity contribution >= 4 is 44.7 Å². The number of amides is 1. The Morgan fingerprint density at radius 2 is 2.00 bits per heavy atom. The van der Waals surface area contributed by atoms with Gasteiger partial charge in [0.2, 0.25) is 5.88 Å². The molecule has 2 aliphatic rings. The summed E-state index contributed by atoms with van der Waals surface area (Å²) in [5.41, 5.74) is 1.06. The smallest absolute Gasteiger partial charge is 0.416 e. The molecule has 1 aromatic carbocycles. The first-order chi connectivity index (χ1) is 19.9. The highest BCUT2D eigenvalue weighted by Crippen LogP contribution is 2.38. The largest absolute Gasteiger partial charge is 0.468 e. The molecule has 2 aromatic heterocycles. The van der Waals surface area contributed by atoms with Gasteiger partial charge in [0.15, 0.2) is 12.7 Å². The molecular formula is C26H24ClF3N4O6S2. The second-order valence-corrected chi connectivity index (χ2v) is 12.5. The maximum atomic E-state index is 12.9. The standard InChI is InChI=1S/C26H24ClF3N4O6S2/c27-18-3-1-2-16(14-42(36,37)38)24(18)21-11-19(33-40-21)20-13-41-25(32-20)15-5-8-34(9-6-15)23(35)12-39-22-10-17(4-7-31-22)26(28,29)30/h1-4,7,10,13,15,21H,5-6,8-9,11-12,14H2,(H,36,37,38). The molecule has 0 radical (unpaired) electrons. The van der Waals surface area contributed by atoms with E-state index in [1.165, 1.54) is 11.3 Å². The number of carbonyl (C=O) groups excluding carboxylic acids is 1. The summed E-state index contributed by atoms with van der Waals surface area (Å²) in [6, 6.07) is 6.35. The normalized spacial score (nSPS) is 18.1. The van der Waals surface area contributed by atoms with Crippen LogP contribution in [0.5, 0.6) is 5.88 Å². The van der Waals surface area contributed by atoms with E-state index < -0.39 is 40.3 Å². The van der Waals surface area contributed by atoms with Gasteiger partial charge in [0.25, 0.3) is 16.0 Å². The van der Waals surface area contributed by atoms with E-state index in [0.717, 1.165) is 23.3 Å². The Hall–Kier alpha value is -3.27. The third-order valence-electron chi connectivity index (χ3n) is 6.89. The van der Waals surface area contributed by atoms with Crippen LogP contribution >= 0.6 is 22.9 Å². The number of oxime groups is 1. The van der Waals surface area contributed by atoms with Crippen LogP contribution in [-0.2, 0) is 31.7 Å². The number of thiazole rings is 1. The minimum atomic E-state index is -4.54. The third-order valence-corrected chi connectivity index (χ3v) is 8.90. The number of ether oxygens (including phenoxy) is 1. The van der Waals surface area contributed by atoms with Gasteiger partial charge >= 0.3 is 6.18 Å². The molecule has 0 bridgehead atoms. The van der Waals surface area contributed by atoms with E-state index in [4.69, 9.17) is 26.2 Å². The van der Waals surface area contributed by atoms with E-state index in [0.29, 0.717) is 59.9 Å². The minimum absolute atomic E-state index is 0.0995. The maximum absolute atomic E-state index is 12.9. The molecular weight excluding hydrogens is 621 g/mol. The number of pyridine rings is 1. The van der Waals surface area contributed by atoms with E-state index in [1.54, 1.807) is 23.1 Å². The molecule has 2 aliphatic heterocycles. The van der Waals surface area contributed by atoms with Gasteiger partial charge in [0, 0.05) is 53.7 Å². The first-order valence-electron chi connectivity index (χ1n) is 12.7. The number of carbonyl (C=O) groups is 1. The minimum Gasteiger partial charge on any atom is -0.468 e. The Morgan fingerprint density at radius 3 is 2.71 bits per heavy atom. The zero-order valence-electron chi connectivity index (χ0n) is 21.8. The van der Waals surface area contributed by atoms with Gasteiger partial charge in [0.05, 0.1) is 16.3 Å². The summed E-state index contributed by atoms with van der Waals surface area (Å²) in [5.74, 6) is -1.12. The van der Waals surface area contributed by atoms with Crippen molar-refractivity contribution in [2.24, 2.45) is 5.16 Å². The van der Waals surface area contributed by atoms with Crippen molar-refractivity contribution in [3.63, 3.8) is 0 Å². The van der Waals surface area contributed by atoms with Crippen molar-refractivity contribution in [1.29, 1.82) is 0 Å². The molecule has 224 valence electrons. The van der Waals surface area contributed by atoms with Crippen LogP contribution in [-0.4, -0.2) is 59.2 Å². The van der Waals surface area contributed by atoms with E-state index in [9.17, 15) is 30.9 Å². The Kier molecular flexibility index (Phi) is 8.73. The summed E-state index contributed by atoms with van der Waals surface area (Å²) in [7, 11) is -4.29. The number of rotatable bonds is 8. The molecule has 1 saturated heterocycles. The van der Waals surface area contributed by atoms with Crippen molar-refractivity contribution in [2.75, 3.05) is 19.7 Å². The molecule has 5 rings (SSSR count). The van der Waals surface area contributed by atoms with Gasteiger partial charge in [-0.2, -0.15) is 21.6 Å². The Bertz CT molecular complexity index is 1610. The van der Waals surface area contributed by atoms with Crippen molar-refractivity contribution in [2.45, 2.75) is 43.2 Å². The number of aromatic nitrogens is 2. The van der Waals surface area contributed by atoms with Gasteiger partial charge in [-0.15, -0.1) is 11.3 Å². The number of piperidine rings is 1. The van der Waals surface area contributed by atoms with E-state index in [-0.39, 0.29) is 17.7 Å². The lowest BCUT2D eigenvalue weighted by Gasteiger charge is -2.31. The number of nitrogens with zero attached hydrogens (tertiary/aromatic N) is 4. The topological polar surface area (TPSA) is 131 Å². The van der Waals surface area contributed by atoms with Crippen LogP contribution in [0, 0.1) is 0 Å². The molecule has 1 atom stereocenters. The molecule has 4 heterocycles. The highest BCUT2D eigenvalue weighted by atomic mass is 35.5. The molecule has 1 amide bonds. The van der Waals surface area contributed by atoms with Gasteiger partial charge < -0.3 is 14.5 Å². The van der Waals surface area contributed by atoms with Gasteiger partial charge in [-0.3, -0.25) is 9.35 Å². The molecule has 1 N–H and O–H groups in total. The number of hydrogen-bond donors (Lipinski definition) is 1. The van der Waals surface area contributed by atoms with Gasteiger partial charge in [-0.25, -0.2) is 9.97 Å². The van der Waals surface area contributed by atoms with E-state index >= 15 is 0 Å². The predicted molar refractivity (Wildman–Crippen MR) is 147 cm³/mol. The number of alkyl halides is 3. The highest BCUT2D eigenvalue weighted by molar-refractivity contribution is 7.85. The number of hydrogen-bond acceptors (Lipinski definition) is 9. The zero-order valence-corrected chi connectivity index (χ0v) is 24.1. The number of likely N-dealkylation sites (tertiary alicyclic amines) is 1. The fourth-order valence-electron chi connectivity index (χ4n) is 4.82. The summed E-state index contributed by atoms with van der Waals surface area (Å²) < 4.78 is 76.2. The zero-order chi connectivity index (χ0) is 30.1. The van der Waals surface area contributed by atoms with Crippen LogP contribution in [0.15, 0.2) is 47.1 Å². The van der Waals surface area contributed by atoms with E-state index in [1.807, 2.05) is 5.38 Å². The summed E-state index contributed by atoms with van der Waals surface area (Å²) in [5, 5.41) is 7.19. The Balaban J connectivity index is 1.15. The van der Waals surface area contributed by atoms with Crippen LogP contribution < -0.4 is 4.74 Å². The Morgan fingerprint density at radius 1 is 1.24 bits per heavy atom. The SMILES string of the molecule is O=C(COc1cc(C(F)(F)F)ccn1)N1CCC(c2nc(C3=NOC(c4c(Cl)cccc4CS(=O)(=O)O)C3)cs2)CC1. The molecule has 42 heavy (non-hydrogen) atoms. The van der Waals surface area contributed by atoms with E-state index in [2.05, 4.69) is 10.1 Å². The summed E-state index contributed by atoms with van der Waals surface area (Å²) in [6.45, 7) is 0.457. The lowest BCUT2D eigenvalue weighted by molar-refractivity contribution is -0.137. The molecule has 3 aromatic rings. The van der Waals surface area contributed by atoms with Crippen LogP contribution in [0.3, 0.4) is 0 Å². The first-order valence-corrected chi connectivity index (χ1v) is 15.6. The lowest BCUT2D eigenvalue weighted by Crippen LogP contribution is -2.40. The summed E-state index contributed by atoms with van der Waals surface area (Å²) in [6.07, 6.45) is -2.60. The predicted octanol–water partition coefficient (Wildman–Crippen LogP) is 5.25. The van der Waals surface area contributed by atoms with Gasteiger partial charge in [-0.05, 0) is 30.5 Å². The van der Waals surface area contributed by atoms with Crippen molar-refractivity contribution < 1.29 is 40.5 Å². The number of benzene rings is 1. The molecule has 0 aliphatic carbocycles. The molecule has 1 fully saturated rings.